The molecular formula is C29H29NO5. The molecule has 0 saturated carbocycles. The van der Waals surface area contributed by atoms with E-state index in [1.54, 1.807) is 49.6 Å². The largest absolute Gasteiger partial charge is 0.507 e. The summed E-state index contributed by atoms with van der Waals surface area (Å²) >= 11 is 0. The zero-order valence-electron chi connectivity index (χ0n) is 20.4. The standard InChI is InChI=1S/C29H29NO5/c1-5-15-35-24-14-13-20(16-19(24)3)27(31)25-26(23-12-7-6-9-18(23)2)30(29(33)28(25)32)21-10-8-11-22(17-21)34-4/h6-14,16-17,26,31H,5,15H2,1-4H3/b27-25+. The third kappa shape index (κ3) is 4.52. The van der Waals surface area contributed by atoms with Gasteiger partial charge in [-0.2, -0.15) is 0 Å². The molecule has 1 saturated heterocycles. The first-order valence-corrected chi connectivity index (χ1v) is 11.6. The summed E-state index contributed by atoms with van der Waals surface area (Å²) in [5, 5.41) is 11.4. The predicted octanol–water partition coefficient (Wildman–Crippen LogP) is 5.73. The number of benzene rings is 3. The number of rotatable bonds is 7. The molecule has 4 rings (SSSR count). The zero-order valence-corrected chi connectivity index (χ0v) is 20.4. The molecule has 180 valence electrons. The molecule has 35 heavy (non-hydrogen) atoms. The van der Waals surface area contributed by atoms with Crippen LogP contribution in [0.15, 0.2) is 72.3 Å². The smallest absolute Gasteiger partial charge is 0.300 e. The molecule has 1 amide bonds. The summed E-state index contributed by atoms with van der Waals surface area (Å²) in [6.07, 6.45) is 0.880. The second-order valence-corrected chi connectivity index (χ2v) is 8.56. The van der Waals surface area contributed by atoms with Gasteiger partial charge in [-0.1, -0.05) is 37.3 Å². The number of ether oxygens (including phenoxy) is 2. The highest BCUT2D eigenvalue weighted by atomic mass is 16.5. The Kier molecular flexibility index (Phi) is 6.92. The first kappa shape index (κ1) is 24.1. The zero-order chi connectivity index (χ0) is 25.1. The minimum Gasteiger partial charge on any atom is -0.507 e. The molecule has 3 aromatic carbocycles. The molecule has 1 atom stereocenters. The van der Waals surface area contributed by atoms with Crippen LogP contribution in [0.4, 0.5) is 5.69 Å². The molecule has 6 nitrogen and oxygen atoms in total. The molecule has 0 bridgehead atoms. The lowest BCUT2D eigenvalue weighted by molar-refractivity contribution is -0.132. The van der Waals surface area contributed by atoms with Gasteiger partial charge in [0.1, 0.15) is 17.3 Å². The van der Waals surface area contributed by atoms with Crippen LogP contribution in [0.1, 0.15) is 41.6 Å². The number of hydrogen-bond acceptors (Lipinski definition) is 5. The number of nitrogens with zero attached hydrogens (tertiary/aromatic N) is 1. The number of carbonyl (C=O) groups is 2. The lowest BCUT2D eigenvalue weighted by atomic mass is 9.92. The predicted molar refractivity (Wildman–Crippen MR) is 136 cm³/mol. The van der Waals surface area contributed by atoms with Crippen molar-refractivity contribution in [2.24, 2.45) is 0 Å². The van der Waals surface area contributed by atoms with Gasteiger partial charge in [-0.05, 0) is 67.3 Å². The molecule has 1 heterocycles. The van der Waals surface area contributed by atoms with Crippen LogP contribution in [0.2, 0.25) is 0 Å². The van der Waals surface area contributed by atoms with E-state index in [-0.39, 0.29) is 11.3 Å². The van der Waals surface area contributed by atoms with Crippen LogP contribution in [0.5, 0.6) is 11.5 Å². The van der Waals surface area contributed by atoms with E-state index in [4.69, 9.17) is 9.47 Å². The van der Waals surface area contributed by atoms with E-state index in [9.17, 15) is 14.7 Å². The summed E-state index contributed by atoms with van der Waals surface area (Å²) in [5.74, 6) is -0.371. The first-order valence-electron chi connectivity index (χ1n) is 11.6. The molecule has 0 spiro atoms. The summed E-state index contributed by atoms with van der Waals surface area (Å²) in [5.41, 5.74) is 3.51. The summed E-state index contributed by atoms with van der Waals surface area (Å²) in [6, 6.07) is 19.0. The van der Waals surface area contributed by atoms with Gasteiger partial charge in [-0.3, -0.25) is 14.5 Å². The molecule has 1 N–H and O–H groups in total. The van der Waals surface area contributed by atoms with Gasteiger partial charge in [0.2, 0.25) is 0 Å². The fraction of sp³-hybridized carbons (Fsp3) is 0.241. The van der Waals surface area contributed by atoms with Crippen molar-refractivity contribution in [3.05, 3.63) is 94.6 Å². The number of anilines is 1. The Hall–Kier alpha value is -4.06. The van der Waals surface area contributed by atoms with Gasteiger partial charge in [-0.25, -0.2) is 0 Å². The Bertz CT molecular complexity index is 1310. The quantitative estimate of drug-likeness (QED) is 0.271. The molecular weight excluding hydrogens is 442 g/mol. The maximum atomic E-state index is 13.4. The van der Waals surface area contributed by atoms with Gasteiger partial charge in [0.25, 0.3) is 11.7 Å². The van der Waals surface area contributed by atoms with Gasteiger partial charge in [-0.15, -0.1) is 0 Å². The van der Waals surface area contributed by atoms with Crippen molar-refractivity contribution in [3.8, 4) is 11.5 Å². The van der Waals surface area contributed by atoms with Crippen molar-refractivity contribution in [2.75, 3.05) is 18.6 Å². The highest BCUT2D eigenvalue weighted by molar-refractivity contribution is 6.51. The van der Waals surface area contributed by atoms with E-state index in [0.29, 0.717) is 23.6 Å². The van der Waals surface area contributed by atoms with Crippen LogP contribution in [0.3, 0.4) is 0 Å². The summed E-state index contributed by atoms with van der Waals surface area (Å²) in [6.45, 7) is 6.42. The molecule has 1 fully saturated rings. The number of aliphatic hydroxyl groups excluding tert-OH is 1. The van der Waals surface area contributed by atoms with Crippen molar-refractivity contribution in [3.63, 3.8) is 0 Å². The molecule has 0 radical (unpaired) electrons. The third-order valence-corrected chi connectivity index (χ3v) is 6.17. The van der Waals surface area contributed by atoms with E-state index in [2.05, 4.69) is 0 Å². The SMILES string of the molecule is CCCOc1ccc(/C(O)=C2\C(=O)C(=O)N(c3cccc(OC)c3)C2c2ccccc2C)cc1C. The van der Waals surface area contributed by atoms with Crippen LogP contribution in [0.25, 0.3) is 5.76 Å². The minimum atomic E-state index is -0.792. The Balaban J connectivity index is 1.90. The topological polar surface area (TPSA) is 76.1 Å². The average Bonchev–Trinajstić information content (AvgIpc) is 3.13. The highest BCUT2D eigenvalue weighted by Crippen LogP contribution is 2.43. The van der Waals surface area contributed by atoms with Crippen molar-refractivity contribution in [1.29, 1.82) is 0 Å². The average molecular weight is 472 g/mol. The van der Waals surface area contributed by atoms with E-state index < -0.39 is 17.7 Å². The van der Waals surface area contributed by atoms with Crippen LogP contribution in [-0.4, -0.2) is 30.5 Å². The number of aliphatic hydroxyl groups is 1. The number of methoxy groups -OCH3 is 1. The van der Waals surface area contributed by atoms with Crippen LogP contribution in [0, 0.1) is 13.8 Å². The van der Waals surface area contributed by atoms with Crippen molar-refractivity contribution in [2.45, 2.75) is 33.2 Å². The summed E-state index contributed by atoms with van der Waals surface area (Å²) in [4.78, 5) is 28.2. The molecule has 1 unspecified atom stereocenters. The number of amides is 1. The summed E-state index contributed by atoms with van der Waals surface area (Å²) < 4.78 is 11.1. The third-order valence-electron chi connectivity index (χ3n) is 6.17. The second-order valence-electron chi connectivity index (χ2n) is 8.56. The van der Waals surface area contributed by atoms with Gasteiger partial charge in [0.15, 0.2) is 0 Å². The lowest BCUT2D eigenvalue weighted by Crippen LogP contribution is -2.29. The van der Waals surface area contributed by atoms with E-state index in [0.717, 1.165) is 28.9 Å². The number of carbonyl (C=O) groups excluding carboxylic acids is 2. The Morgan fingerprint density at radius 3 is 2.43 bits per heavy atom. The van der Waals surface area contributed by atoms with Crippen LogP contribution >= 0.6 is 0 Å². The van der Waals surface area contributed by atoms with E-state index in [1.807, 2.05) is 45.0 Å². The number of Topliss-reactive ketones (excluding diaryl/α,β-unsaturated/α-hetero) is 1. The molecule has 1 aliphatic rings. The van der Waals surface area contributed by atoms with Crippen LogP contribution < -0.4 is 14.4 Å². The van der Waals surface area contributed by atoms with E-state index >= 15 is 0 Å². The Morgan fingerprint density at radius 1 is 0.971 bits per heavy atom. The highest BCUT2D eigenvalue weighted by Gasteiger charge is 2.47. The second kappa shape index (κ2) is 10.1. The van der Waals surface area contributed by atoms with Gasteiger partial charge >= 0.3 is 0 Å². The maximum Gasteiger partial charge on any atom is 0.300 e. The fourth-order valence-corrected chi connectivity index (χ4v) is 4.37. The van der Waals surface area contributed by atoms with Gasteiger partial charge < -0.3 is 14.6 Å². The van der Waals surface area contributed by atoms with Gasteiger partial charge in [0.05, 0.1) is 25.3 Å². The number of ketones is 1. The Labute approximate surface area is 205 Å². The number of hydrogen-bond donors (Lipinski definition) is 1. The normalized spacial score (nSPS) is 17.0. The number of aryl methyl sites for hydroxylation is 2. The molecule has 1 aliphatic heterocycles. The summed E-state index contributed by atoms with van der Waals surface area (Å²) in [7, 11) is 1.54. The molecule has 0 aliphatic carbocycles. The fourth-order valence-electron chi connectivity index (χ4n) is 4.37. The first-order chi connectivity index (χ1) is 16.9. The molecule has 6 heteroatoms. The van der Waals surface area contributed by atoms with Crippen molar-refractivity contribution < 1.29 is 24.2 Å². The van der Waals surface area contributed by atoms with Crippen molar-refractivity contribution in [1.82, 2.24) is 0 Å². The Morgan fingerprint density at radius 2 is 1.74 bits per heavy atom. The van der Waals surface area contributed by atoms with Crippen LogP contribution in [-0.2, 0) is 9.59 Å². The monoisotopic (exact) mass is 471 g/mol. The molecule has 0 aromatic heterocycles. The lowest BCUT2D eigenvalue weighted by Gasteiger charge is -2.27. The van der Waals surface area contributed by atoms with Crippen molar-refractivity contribution >= 4 is 23.1 Å². The maximum absolute atomic E-state index is 13.4. The molecule has 3 aromatic rings. The minimum absolute atomic E-state index is 0.0498. The van der Waals surface area contributed by atoms with Gasteiger partial charge in [0, 0.05) is 17.3 Å². The van der Waals surface area contributed by atoms with E-state index in [1.165, 1.54) is 4.90 Å².